The van der Waals surface area contributed by atoms with Crippen molar-refractivity contribution in [2.75, 3.05) is 7.05 Å². The number of aliphatic hydroxyl groups is 3. The molecule has 16 nitrogen and oxygen atoms in total. The van der Waals surface area contributed by atoms with Crippen LogP contribution in [0.25, 0.3) is 11.1 Å². The zero-order chi connectivity index (χ0) is 47.1. The number of benzene rings is 4. The molecule has 0 spiro atoms. The Balaban J connectivity index is 0.913. The van der Waals surface area contributed by atoms with Crippen molar-refractivity contribution in [3.63, 3.8) is 0 Å². The summed E-state index contributed by atoms with van der Waals surface area (Å²) in [7, 11) is -2.62. The summed E-state index contributed by atoms with van der Waals surface area (Å²) in [5, 5.41) is 38.2. The van der Waals surface area contributed by atoms with Crippen molar-refractivity contribution in [1.29, 1.82) is 0 Å². The molecule has 2 aliphatic heterocycles. The van der Waals surface area contributed by atoms with Crippen molar-refractivity contribution < 1.29 is 62.0 Å². The quantitative estimate of drug-likeness (QED) is 0.0761. The van der Waals surface area contributed by atoms with Gasteiger partial charge in [0.05, 0.1) is 50.0 Å². The highest BCUT2D eigenvalue weighted by atomic mass is 31.2. The van der Waals surface area contributed by atoms with E-state index in [4.69, 9.17) is 32.5 Å². The third kappa shape index (κ3) is 11.3. The molecule has 3 heterocycles. The van der Waals surface area contributed by atoms with Crippen LogP contribution in [-0.2, 0) is 63.6 Å². The lowest BCUT2D eigenvalue weighted by Gasteiger charge is -2.58. The van der Waals surface area contributed by atoms with Gasteiger partial charge in [0.25, 0.3) is 0 Å². The topological polar surface area (TPSA) is 205 Å². The van der Waals surface area contributed by atoms with Crippen LogP contribution in [0.3, 0.4) is 0 Å². The van der Waals surface area contributed by atoms with Crippen molar-refractivity contribution >= 4 is 19.8 Å². The molecule has 8 rings (SSSR count). The van der Waals surface area contributed by atoms with Crippen molar-refractivity contribution in [3.8, 4) is 16.9 Å². The molecule has 17 heteroatoms. The van der Waals surface area contributed by atoms with E-state index in [1.807, 2.05) is 97.1 Å². The Bertz CT molecular complexity index is 2410. The molecule has 2 amide bonds. The lowest BCUT2D eigenvalue weighted by atomic mass is 9.74. The average Bonchev–Trinajstić information content (AvgIpc) is 3.33. The largest absolute Gasteiger partial charge is 0.530 e. The van der Waals surface area contributed by atoms with Gasteiger partial charge < -0.3 is 49.0 Å². The summed E-state index contributed by atoms with van der Waals surface area (Å²) in [5.41, 5.74) is 4.33. The second-order valence-corrected chi connectivity index (χ2v) is 18.7. The maximum Gasteiger partial charge on any atom is 0.530 e. The van der Waals surface area contributed by atoms with Crippen LogP contribution in [0.15, 0.2) is 134 Å². The minimum Gasteiger partial charge on any atom is -0.445 e. The maximum atomic E-state index is 13.9. The molecule has 67 heavy (non-hydrogen) atoms. The first-order chi connectivity index (χ1) is 32.3. The van der Waals surface area contributed by atoms with Gasteiger partial charge in [0, 0.05) is 30.4 Å². The molecule has 5 aromatic rings. The Labute approximate surface area is 389 Å². The van der Waals surface area contributed by atoms with Gasteiger partial charge in [0.1, 0.15) is 24.6 Å². The normalized spacial score (nSPS) is 26.9. The molecule has 4 aromatic carbocycles. The van der Waals surface area contributed by atoms with E-state index >= 15 is 0 Å². The first kappa shape index (κ1) is 48.0. The summed E-state index contributed by atoms with van der Waals surface area (Å²) >= 11 is 0. The Kier molecular flexibility index (Phi) is 15.2. The van der Waals surface area contributed by atoms with Crippen molar-refractivity contribution in [1.82, 2.24) is 15.2 Å². The van der Waals surface area contributed by atoms with Crippen LogP contribution in [0.5, 0.6) is 5.75 Å². The van der Waals surface area contributed by atoms with E-state index in [1.165, 1.54) is 11.9 Å². The lowest BCUT2D eigenvalue weighted by Crippen LogP contribution is -2.77. The highest BCUT2D eigenvalue weighted by molar-refractivity contribution is 7.48. The zero-order valence-corrected chi connectivity index (χ0v) is 38.3. The maximum absolute atomic E-state index is 13.9. The van der Waals surface area contributed by atoms with Gasteiger partial charge in [-0.2, -0.15) is 0 Å². The molecule has 354 valence electrons. The van der Waals surface area contributed by atoms with Crippen LogP contribution >= 0.6 is 7.82 Å². The summed E-state index contributed by atoms with van der Waals surface area (Å²) in [5.74, 6) is -3.19. The standard InChI is InChI=1S/C50H56N3O13P/c1-4-40-44(55)43(53(3)49(57)60-29-33-14-8-5-9-15-33)46-47(45(40)56)64-48-50(58,65-46)41(26-32(2)63-48)52-42(54)27-38-23-20-37(28-51-38)36-21-24-39(25-22-36)66-67(59,61-30-34-16-10-6-11-17-34)62-31-35-18-12-7-13-19-35/h5-25,28,32,40-41,43-48,55-56,58H,4,26-27,29-31H2,1-3H3,(H,52,54)/t32-,40-,41-,43+,44+,45+,46-,47-,48+,50+/m1/s1. The minimum absolute atomic E-state index is 0.0169. The highest BCUT2D eigenvalue weighted by Crippen LogP contribution is 2.51. The summed E-state index contributed by atoms with van der Waals surface area (Å²) in [4.78, 5) is 32.9. The van der Waals surface area contributed by atoms with Crippen LogP contribution < -0.4 is 9.84 Å². The molecule has 3 fully saturated rings. The molecule has 0 radical (unpaired) electrons. The summed E-state index contributed by atoms with van der Waals surface area (Å²) in [6.45, 7) is 3.58. The number of carbonyl (C=O) groups excluding carboxylic acids is 2. The molecule has 3 aliphatic rings. The smallest absolute Gasteiger partial charge is 0.445 e. The number of nitrogens with one attached hydrogen (secondary N) is 1. The molecule has 1 aliphatic carbocycles. The fourth-order valence-electron chi connectivity index (χ4n) is 8.76. The fraction of sp³-hybridized carbons (Fsp3) is 0.380. The minimum atomic E-state index is -4.07. The second-order valence-electron chi connectivity index (χ2n) is 17.1. The second kappa shape index (κ2) is 21.2. The van der Waals surface area contributed by atoms with Gasteiger partial charge in [-0.3, -0.25) is 18.8 Å². The Hall–Kier alpha value is -5.52. The third-order valence-electron chi connectivity index (χ3n) is 12.4. The molecule has 1 aromatic heterocycles. The van der Waals surface area contributed by atoms with Gasteiger partial charge in [-0.1, -0.05) is 116 Å². The SMILES string of the molecule is CC[C@H]1[C@H](O)[C@H]2O[C@@H]3O[C@H](C)C[C@@H](NC(=O)Cc4ccc(-c5ccc(OP(=O)(OCc6ccccc6)OCc6ccccc6)cc5)cn4)[C@]3(O)O[C@@H]2[C@@H](N(C)C(=O)OCc2ccccc2)[C@H]1O. The Morgan fingerprint density at radius 1 is 0.791 bits per heavy atom. The number of aliphatic hydroxyl groups excluding tert-OH is 2. The zero-order valence-electron chi connectivity index (χ0n) is 37.4. The molecule has 2 saturated heterocycles. The van der Waals surface area contributed by atoms with Gasteiger partial charge in [-0.25, -0.2) is 9.36 Å². The molecule has 1 saturated carbocycles. The van der Waals surface area contributed by atoms with E-state index in [-0.39, 0.29) is 38.4 Å². The van der Waals surface area contributed by atoms with E-state index in [0.29, 0.717) is 12.1 Å². The Morgan fingerprint density at radius 3 is 1.94 bits per heavy atom. The molecular weight excluding hydrogens is 882 g/mol. The van der Waals surface area contributed by atoms with E-state index in [9.17, 15) is 29.5 Å². The van der Waals surface area contributed by atoms with Crippen LogP contribution in [-0.4, -0.2) is 98.9 Å². The van der Waals surface area contributed by atoms with Crippen LogP contribution in [0.4, 0.5) is 4.79 Å². The van der Waals surface area contributed by atoms with E-state index in [0.717, 1.165) is 27.8 Å². The number of ether oxygens (including phenoxy) is 4. The molecule has 0 unspecified atom stereocenters. The van der Waals surface area contributed by atoms with E-state index < -0.39 is 80.4 Å². The first-order valence-corrected chi connectivity index (χ1v) is 23.8. The number of likely N-dealkylation sites (N-methyl/N-ethyl adjacent to an activating group) is 1. The van der Waals surface area contributed by atoms with Gasteiger partial charge in [0.2, 0.25) is 18.0 Å². The number of carbonyl (C=O) groups is 2. The number of nitrogens with zero attached hydrogens (tertiary/aromatic N) is 2. The summed E-state index contributed by atoms with van der Waals surface area (Å²) < 4.78 is 55.6. The number of phosphoric acid groups is 1. The van der Waals surface area contributed by atoms with Gasteiger partial charge in [-0.15, -0.1) is 0 Å². The van der Waals surface area contributed by atoms with Crippen LogP contribution in [0.2, 0.25) is 0 Å². The average molecular weight is 938 g/mol. The van der Waals surface area contributed by atoms with Gasteiger partial charge in [-0.05, 0) is 60.2 Å². The van der Waals surface area contributed by atoms with Crippen molar-refractivity contribution in [2.45, 2.75) is 108 Å². The molecule has 4 N–H and O–H groups in total. The van der Waals surface area contributed by atoms with Gasteiger partial charge >= 0.3 is 13.9 Å². The lowest BCUT2D eigenvalue weighted by molar-refractivity contribution is -0.452. The molecular formula is C50H56N3O13P. The number of aromatic nitrogens is 1. The fourth-order valence-corrected chi connectivity index (χ4v) is 9.94. The summed E-state index contributed by atoms with van der Waals surface area (Å²) in [6.07, 6.45) is -5.61. The van der Waals surface area contributed by atoms with Crippen molar-refractivity contribution in [3.05, 3.63) is 156 Å². The van der Waals surface area contributed by atoms with Crippen molar-refractivity contribution in [2.24, 2.45) is 5.92 Å². The molecule has 0 bridgehead atoms. The first-order valence-electron chi connectivity index (χ1n) is 22.3. The van der Waals surface area contributed by atoms with Crippen LogP contribution in [0.1, 0.15) is 49.1 Å². The third-order valence-corrected chi connectivity index (χ3v) is 13.7. The number of hydrogen-bond donors (Lipinski definition) is 4. The predicted octanol–water partition coefficient (Wildman–Crippen LogP) is 6.70. The number of phosphoric ester groups is 1. The number of rotatable bonds is 16. The highest BCUT2D eigenvalue weighted by Gasteiger charge is 2.64. The van der Waals surface area contributed by atoms with E-state index in [2.05, 4.69) is 10.3 Å². The monoisotopic (exact) mass is 937 g/mol. The number of pyridine rings is 1. The van der Waals surface area contributed by atoms with Gasteiger partial charge in [0.15, 0.2) is 0 Å². The summed E-state index contributed by atoms with van der Waals surface area (Å²) in [6, 6.07) is 35.9. The Morgan fingerprint density at radius 2 is 1.37 bits per heavy atom. The number of fused-ring (bicyclic) bond motifs is 2. The predicted molar refractivity (Wildman–Crippen MR) is 244 cm³/mol. The molecule has 10 atom stereocenters. The van der Waals surface area contributed by atoms with Crippen LogP contribution in [0, 0.1) is 5.92 Å². The van der Waals surface area contributed by atoms with E-state index in [1.54, 1.807) is 50.4 Å². The number of amides is 2. The number of hydrogen-bond acceptors (Lipinski definition) is 14.